The zero-order valence-corrected chi connectivity index (χ0v) is 15.9. The van der Waals surface area contributed by atoms with Crippen molar-refractivity contribution < 1.29 is 13.2 Å². The number of carbonyl (C=O) groups is 1. The van der Waals surface area contributed by atoms with E-state index >= 15 is 0 Å². The number of anilines is 1. The molecule has 0 radical (unpaired) electrons. The molecule has 0 atom stereocenters. The first-order chi connectivity index (χ1) is 11.7. The topological polar surface area (TPSA) is 66.5 Å². The smallest absolute Gasteiger partial charge is 0.266 e. The Labute approximate surface area is 156 Å². The molecule has 0 aliphatic heterocycles. The van der Waals surface area contributed by atoms with Gasteiger partial charge < -0.3 is 4.90 Å². The Morgan fingerprint density at radius 2 is 1.80 bits per heavy atom. The first-order valence-electron chi connectivity index (χ1n) is 7.16. The van der Waals surface area contributed by atoms with Crippen LogP contribution in [0.1, 0.15) is 15.9 Å². The van der Waals surface area contributed by atoms with E-state index in [2.05, 4.69) is 0 Å². The largest absolute Gasteiger partial charge is 0.377 e. The quantitative estimate of drug-likeness (QED) is 0.831. The fraction of sp³-hybridized carbons (Fsp3) is 0.118. The van der Waals surface area contributed by atoms with Crippen LogP contribution >= 0.6 is 23.2 Å². The van der Waals surface area contributed by atoms with E-state index < -0.39 is 15.9 Å². The molecule has 0 saturated carbocycles. The van der Waals surface area contributed by atoms with Gasteiger partial charge in [-0.2, -0.15) is 0 Å². The molecule has 5 nitrogen and oxygen atoms in total. The summed E-state index contributed by atoms with van der Waals surface area (Å²) in [4.78, 5) is 14.0. The van der Waals surface area contributed by atoms with Crippen LogP contribution < -0.4 is 9.62 Å². The number of halogens is 2. The minimum atomic E-state index is -3.99. The maximum Gasteiger partial charge on any atom is 0.266 e. The summed E-state index contributed by atoms with van der Waals surface area (Å²) < 4.78 is 26.2. The lowest BCUT2D eigenvalue weighted by atomic mass is 10.1. The van der Waals surface area contributed by atoms with E-state index in [4.69, 9.17) is 23.2 Å². The summed E-state index contributed by atoms with van der Waals surface area (Å²) in [6.07, 6.45) is 1.43. The number of benzene rings is 2. The van der Waals surface area contributed by atoms with Crippen LogP contribution in [0.3, 0.4) is 0 Å². The molecule has 0 bridgehead atoms. The van der Waals surface area contributed by atoms with E-state index in [0.29, 0.717) is 10.6 Å². The molecule has 0 aliphatic carbocycles. The Kier molecular flexibility index (Phi) is 6.11. The SMILES string of the molecule is CN(C)c1ccccc1C=CS(=O)(=O)NC(=O)c1ccc(Cl)cc1Cl. The second-order valence-corrected chi connectivity index (χ2v) is 7.77. The van der Waals surface area contributed by atoms with Crippen molar-refractivity contribution in [2.24, 2.45) is 0 Å². The van der Waals surface area contributed by atoms with E-state index in [1.165, 1.54) is 24.3 Å². The van der Waals surface area contributed by atoms with Gasteiger partial charge in [0.15, 0.2) is 0 Å². The molecule has 0 fully saturated rings. The molecule has 1 N–H and O–H groups in total. The van der Waals surface area contributed by atoms with Crippen molar-refractivity contribution >= 4 is 50.9 Å². The van der Waals surface area contributed by atoms with Crippen LogP contribution in [0.5, 0.6) is 0 Å². The molecular weight excluding hydrogens is 383 g/mol. The molecular formula is C17H16Cl2N2O3S. The highest BCUT2D eigenvalue weighted by molar-refractivity contribution is 7.93. The number of para-hydroxylation sites is 1. The van der Waals surface area contributed by atoms with Gasteiger partial charge in [0, 0.05) is 24.8 Å². The molecule has 1 amide bonds. The van der Waals surface area contributed by atoms with Crippen molar-refractivity contribution in [3.05, 3.63) is 69.0 Å². The highest BCUT2D eigenvalue weighted by atomic mass is 35.5. The van der Waals surface area contributed by atoms with Crippen molar-refractivity contribution in [2.45, 2.75) is 0 Å². The normalized spacial score (nSPS) is 11.5. The second-order valence-electron chi connectivity index (χ2n) is 5.36. The molecule has 2 rings (SSSR count). The predicted molar refractivity (Wildman–Crippen MR) is 103 cm³/mol. The highest BCUT2D eigenvalue weighted by Crippen LogP contribution is 2.22. The molecule has 0 saturated heterocycles. The van der Waals surface area contributed by atoms with Gasteiger partial charge in [-0.05, 0) is 35.9 Å². The van der Waals surface area contributed by atoms with Gasteiger partial charge in [-0.15, -0.1) is 0 Å². The van der Waals surface area contributed by atoms with Gasteiger partial charge in [0.05, 0.1) is 16.0 Å². The maximum atomic E-state index is 12.1. The van der Waals surface area contributed by atoms with Gasteiger partial charge in [-0.3, -0.25) is 4.79 Å². The molecule has 132 valence electrons. The van der Waals surface area contributed by atoms with Gasteiger partial charge >= 0.3 is 0 Å². The van der Waals surface area contributed by atoms with Crippen LogP contribution in [-0.2, 0) is 10.0 Å². The summed E-state index contributed by atoms with van der Waals surface area (Å²) in [6.45, 7) is 0. The standard InChI is InChI=1S/C17H16Cl2N2O3S/c1-21(2)16-6-4-3-5-12(16)9-10-25(23,24)20-17(22)14-8-7-13(18)11-15(14)19/h3-11H,1-2H3,(H,20,22). The van der Waals surface area contributed by atoms with E-state index in [9.17, 15) is 13.2 Å². The van der Waals surface area contributed by atoms with Crippen molar-refractivity contribution in [1.29, 1.82) is 0 Å². The number of nitrogens with one attached hydrogen (secondary N) is 1. The average Bonchev–Trinajstić information content (AvgIpc) is 2.52. The number of amides is 1. The molecule has 2 aromatic rings. The molecule has 25 heavy (non-hydrogen) atoms. The van der Waals surface area contributed by atoms with Gasteiger partial charge in [-0.1, -0.05) is 41.4 Å². The highest BCUT2D eigenvalue weighted by Gasteiger charge is 2.16. The van der Waals surface area contributed by atoms with Crippen LogP contribution in [0.2, 0.25) is 10.0 Å². The summed E-state index contributed by atoms with van der Waals surface area (Å²) in [5.41, 5.74) is 1.58. The monoisotopic (exact) mass is 398 g/mol. The van der Waals surface area contributed by atoms with E-state index in [-0.39, 0.29) is 10.6 Å². The lowest BCUT2D eigenvalue weighted by Crippen LogP contribution is -2.29. The second kappa shape index (κ2) is 7.91. The number of hydrogen-bond acceptors (Lipinski definition) is 4. The van der Waals surface area contributed by atoms with Crippen molar-refractivity contribution in [2.75, 3.05) is 19.0 Å². The Morgan fingerprint density at radius 1 is 1.12 bits per heavy atom. The number of rotatable bonds is 5. The number of sulfonamides is 1. The predicted octanol–water partition coefficient (Wildman–Crippen LogP) is 3.79. The summed E-state index contributed by atoms with van der Waals surface area (Å²) >= 11 is 11.7. The fourth-order valence-electron chi connectivity index (χ4n) is 2.09. The molecule has 0 unspecified atom stereocenters. The Hall–Kier alpha value is -2.02. The summed E-state index contributed by atoms with van der Waals surface area (Å²) in [5.74, 6) is -0.827. The van der Waals surface area contributed by atoms with Crippen molar-refractivity contribution in [3.8, 4) is 0 Å². The van der Waals surface area contributed by atoms with Crippen LogP contribution in [0.25, 0.3) is 6.08 Å². The van der Waals surface area contributed by atoms with E-state index in [0.717, 1.165) is 11.1 Å². The van der Waals surface area contributed by atoms with Gasteiger partial charge in [0.2, 0.25) is 0 Å². The Morgan fingerprint density at radius 3 is 2.44 bits per heavy atom. The lowest BCUT2D eigenvalue weighted by Gasteiger charge is -2.15. The van der Waals surface area contributed by atoms with Crippen LogP contribution in [0.4, 0.5) is 5.69 Å². The number of nitrogens with zero attached hydrogens (tertiary/aromatic N) is 1. The summed E-state index contributed by atoms with van der Waals surface area (Å²) in [5, 5.41) is 1.36. The first-order valence-corrected chi connectivity index (χ1v) is 9.46. The van der Waals surface area contributed by atoms with Crippen LogP contribution in [0.15, 0.2) is 47.9 Å². The molecule has 8 heteroatoms. The third-order valence-corrected chi connectivity index (χ3v) is 4.77. The first kappa shape index (κ1) is 19.3. The van der Waals surface area contributed by atoms with Crippen LogP contribution in [-0.4, -0.2) is 28.4 Å². The zero-order valence-electron chi connectivity index (χ0n) is 13.5. The van der Waals surface area contributed by atoms with Gasteiger partial charge in [0.25, 0.3) is 15.9 Å². The summed E-state index contributed by atoms with van der Waals surface area (Å²) in [7, 11) is -0.281. The Balaban J connectivity index is 2.21. The average molecular weight is 399 g/mol. The third kappa shape index (κ3) is 5.22. The minimum Gasteiger partial charge on any atom is -0.377 e. The molecule has 2 aromatic carbocycles. The molecule has 0 spiro atoms. The maximum absolute atomic E-state index is 12.1. The number of carbonyl (C=O) groups excluding carboxylic acids is 1. The zero-order chi connectivity index (χ0) is 18.6. The van der Waals surface area contributed by atoms with Crippen molar-refractivity contribution in [1.82, 2.24) is 4.72 Å². The van der Waals surface area contributed by atoms with Crippen LogP contribution in [0, 0.1) is 0 Å². The van der Waals surface area contributed by atoms with E-state index in [1.807, 2.05) is 35.9 Å². The molecule has 0 heterocycles. The lowest BCUT2D eigenvalue weighted by molar-refractivity contribution is 0.0982. The fourth-order valence-corrected chi connectivity index (χ4v) is 3.35. The van der Waals surface area contributed by atoms with E-state index in [1.54, 1.807) is 12.1 Å². The minimum absolute atomic E-state index is 0.0248. The number of hydrogen-bond donors (Lipinski definition) is 1. The van der Waals surface area contributed by atoms with Gasteiger partial charge in [0.1, 0.15) is 0 Å². The molecule has 0 aromatic heterocycles. The third-order valence-electron chi connectivity index (χ3n) is 3.26. The molecule has 0 aliphatic rings. The van der Waals surface area contributed by atoms with Gasteiger partial charge in [-0.25, -0.2) is 13.1 Å². The van der Waals surface area contributed by atoms with Crippen molar-refractivity contribution in [3.63, 3.8) is 0 Å². The Bertz CT molecular complexity index is 925. The summed E-state index contributed by atoms with van der Waals surface area (Å²) in [6, 6.07) is 11.5.